The van der Waals surface area contributed by atoms with Crippen molar-refractivity contribution in [3.63, 3.8) is 0 Å². The van der Waals surface area contributed by atoms with Gasteiger partial charge in [0.25, 0.3) is 22.9 Å². The van der Waals surface area contributed by atoms with E-state index < -0.39 is 46.4 Å². The summed E-state index contributed by atoms with van der Waals surface area (Å²) in [6.07, 6.45) is -4.87. The van der Waals surface area contributed by atoms with Gasteiger partial charge in [-0.05, 0) is 123 Å². The first-order valence-electron chi connectivity index (χ1n) is 32.6. The summed E-state index contributed by atoms with van der Waals surface area (Å²) in [5.74, 6) is -2.30. The van der Waals surface area contributed by atoms with E-state index in [-0.39, 0.29) is 213 Å². The smallest absolute Gasteiger partial charge is 0.377 e. The van der Waals surface area contributed by atoms with Gasteiger partial charge >= 0.3 is 12.4 Å². The molecule has 0 fully saturated rings. The number of alkyl halides is 6. The van der Waals surface area contributed by atoms with Crippen molar-refractivity contribution in [1.82, 2.24) is 30.4 Å². The number of aromatic nitrogens is 2. The Morgan fingerprint density at radius 3 is 1.02 bits per heavy atom. The fourth-order valence-electron chi connectivity index (χ4n) is 9.79. The van der Waals surface area contributed by atoms with Crippen LogP contribution in [0.1, 0.15) is 78.3 Å². The van der Waals surface area contributed by atoms with Crippen molar-refractivity contribution in [3.8, 4) is 23.5 Å². The van der Waals surface area contributed by atoms with Crippen molar-refractivity contribution >= 4 is 58.8 Å². The number of benzene rings is 4. The molecule has 0 aliphatic heterocycles. The van der Waals surface area contributed by atoms with Crippen LogP contribution in [0.4, 0.5) is 37.7 Å². The first kappa shape index (κ1) is 82.3. The number of carbonyl (C=O) groups is 4. The van der Waals surface area contributed by atoms with E-state index in [1.165, 1.54) is 50.3 Å². The molecule has 0 unspecified atom stereocenters. The van der Waals surface area contributed by atoms with E-state index in [1.807, 2.05) is 12.1 Å². The Hall–Kier alpha value is -10.7. The number of pyridine rings is 2. The maximum atomic E-state index is 13.9. The van der Waals surface area contributed by atoms with Gasteiger partial charge in [-0.3, -0.25) is 37.9 Å². The van der Waals surface area contributed by atoms with Crippen LogP contribution in [0.15, 0.2) is 131 Å². The molecule has 2 heterocycles. The monoisotopic (exact) mass is 1450 g/mol. The molecule has 32 heteroatoms. The highest BCUT2D eigenvalue weighted by atomic mass is 19.4. The number of hydrogen-bond acceptors (Lipinski definition) is 20. The van der Waals surface area contributed by atoms with E-state index in [9.17, 15) is 65.6 Å². The largest absolute Gasteiger partial charge is 0.416 e. The zero-order valence-corrected chi connectivity index (χ0v) is 57.0. The fourth-order valence-corrected chi connectivity index (χ4v) is 9.79. The standard InChI is InChI=1S/C72H80F6N12O14/c1-49-59(63(19-21-79)87-55-13-9-51(47-81)10-14-55)45-61(69(95)89(49)57-7-3-5-53(43-57)71(73,74)75)67(93)85-25-29-99-33-37-103-41-39-101-35-31-97-27-23-83-65(91)17-18-66(92)84-24-28-98-32-36-102-40-42-104-38-34-100-30-26-86-68(94)62-46-60(64(20-22-80)88-56-15-11-52(48-82)12-16-56)50(2)90(70(62)96)58-8-4-6-54(44-58)72(76,77)78/h3-16,19-22,43-46,79-80,87-88H,17-18,23-42H2,1-2H3,(H,83,91)(H,84,92)(H,85,93)(H,86,94)/b63-19-,64-20-,79-21?,80-22?. The molecule has 0 spiro atoms. The van der Waals surface area contributed by atoms with Crippen molar-refractivity contribution in [3.05, 3.63) is 198 Å². The van der Waals surface area contributed by atoms with Crippen LogP contribution in [0.3, 0.4) is 0 Å². The number of hydrogen-bond donors (Lipinski definition) is 8. The summed E-state index contributed by atoms with van der Waals surface area (Å²) < 4.78 is 129. The maximum absolute atomic E-state index is 13.9. The summed E-state index contributed by atoms with van der Waals surface area (Å²) in [4.78, 5) is 79.4. The number of nitrogens with zero attached hydrogens (tertiary/aromatic N) is 4. The molecule has 6 aromatic rings. The lowest BCUT2D eigenvalue weighted by molar-refractivity contribution is -0.138. The number of nitriles is 2. The van der Waals surface area contributed by atoms with Gasteiger partial charge in [-0.15, -0.1) is 0 Å². The Kier molecular flexibility index (Phi) is 34.3. The minimum Gasteiger partial charge on any atom is -0.377 e. The second-order valence-electron chi connectivity index (χ2n) is 22.2. The van der Waals surface area contributed by atoms with Crippen LogP contribution in [0, 0.1) is 47.3 Å². The molecule has 0 aliphatic carbocycles. The summed E-state index contributed by atoms with van der Waals surface area (Å²) in [5.41, 5.74) is -1.81. The Morgan fingerprint density at radius 1 is 0.433 bits per heavy atom. The predicted octanol–water partition coefficient (Wildman–Crippen LogP) is 7.90. The van der Waals surface area contributed by atoms with Crippen molar-refractivity contribution in [2.24, 2.45) is 0 Å². The van der Waals surface area contributed by atoms with E-state index in [1.54, 1.807) is 48.5 Å². The van der Waals surface area contributed by atoms with Crippen LogP contribution >= 0.6 is 0 Å². The van der Waals surface area contributed by atoms with E-state index in [4.69, 9.17) is 48.7 Å². The van der Waals surface area contributed by atoms with Crippen molar-refractivity contribution < 1.29 is 83.4 Å². The zero-order valence-electron chi connectivity index (χ0n) is 57.0. The number of carbonyl (C=O) groups excluding carboxylic acids is 4. The summed E-state index contributed by atoms with van der Waals surface area (Å²) in [6.45, 7) is 6.53. The Bertz CT molecular complexity index is 3870. The molecular weight excluding hydrogens is 1370 g/mol. The minimum absolute atomic E-state index is 0.0263. The number of amides is 4. The van der Waals surface area contributed by atoms with Gasteiger partial charge in [-0.25, -0.2) is 0 Å². The number of anilines is 2. The molecule has 8 N–H and O–H groups in total. The highest BCUT2D eigenvalue weighted by Gasteiger charge is 2.33. The van der Waals surface area contributed by atoms with Crippen molar-refractivity contribution in [1.29, 1.82) is 21.3 Å². The third-order valence-corrected chi connectivity index (χ3v) is 14.9. The highest BCUT2D eigenvalue weighted by Crippen LogP contribution is 2.33. The molecule has 554 valence electrons. The predicted molar refractivity (Wildman–Crippen MR) is 373 cm³/mol. The Balaban J connectivity index is 0.744. The topological polar surface area (TPSA) is 354 Å². The molecule has 0 aliphatic rings. The molecule has 0 bridgehead atoms. The van der Waals surface area contributed by atoms with Crippen LogP contribution in [0.2, 0.25) is 0 Å². The van der Waals surface area contributed by atoms with E-state index in [0.29, 0.717) is 22.5 Å². The fraction of sp³-hybridized carbons (Fsp3) is 0.361. The number of rotatable bonds is 45. The van der Waals surface area contributed by atoms with Crippen LogP contribution in [0.25, 0.3) is 22.8 Å². The lowest BCUT2D eigenvalue weighted by Gasteiger charge is -2.20. The van der Waals surface area contributed by atoms with Crippen LogP contribution < -0.4 is 43.0 Å². The van der Waals surface area contributed by atoms with Gasteiger partial charge in [0.2, 0.25) is 11.8 Å². The molecule has 0 saturated heterocycles. The quantitative estimate of drug-likeness (QED) is 0.0102. The normalized spacial score (nSPS) is 11.7. The number of allylic oxidation sites excluding steroid dienone is 2. The lowest BCUT2D eigenvalue weighted by Crippen LogP contribution is -2.35. The zero-order chi connectivity index (χ0) is 75.3. The van der Waals surface area contributed by atoms with Gasteiger partial charge in [0.05, 0.1) is 140 Å². The number of halogens is 6. The first-order valence-corrected chi connectivity index (χ1v) is 32.6. The van der Waals surface area contributed by atoms with E-state index in [2.05, 4.69) is 31.9 Å². The van der Waals surface area contributed by atoms with Crippen molar-refractivity contribution in [2.75, 3.05) is 143 Å². The molecule has 6 rings (SSSR count). The summed E-state index contributed by atoms with van der Waals surface area (Å²) >= 11 is 0. The SMILES string of the molecule is Cc1c(/C(=C/C=N)Nc2ccc(C#N)cc2)cc(C(=O)NCCOCCOCCOCCOCCNC(=O)CCC(=O)NCCOCCOCCOCCOCCNC(=O)c2cc(/C(=C/C=N)Nc3ccc(C#N)cc3)c(C)n(-c3cccc(C(F)(F)F)c3)c2=O)c(=O)n1-c1cccc(C(F)(F)F)c1. The van der Waals surface area contributed by atoms with Gasteiger partial charge in [0.15, 0.2) is 0 Å². The van der Waals surface area contributed by atoms with Gasteiger partial charge in [-0.2, -0.15) is 36.9 Å². The molecule has 2 aromatic heterocycles. The Labute approximate surface area is 594 Å². The molecule has 104 heavy (non-hydrogen) atoms. The summed E-state index contributed by atoms with van der Waals surface area (Å²) in [5, 5.41) is 50.8. The number of ether oxygens (including phenoxy) is 8. The first-order chi connectivity index (χ1) is 50.1. The molecule has 4 amide bonds. The third kappa shape index (κ3) is 26.9. The summed E-state index contributed by atoms with van der Waals surface area (Å²) in [6, 6.07) is 27.5. The van der Waals surface area contributed by atoms with Crippen LogP contribution in [-0.2, 0) is 59.8 Å². The Morgan fingerprint density at radius 2 is 0.731 bits per heavy atom. The third-order valence-electron chi connectivity index (χ3n) is 14.9. The number of nitrogens with one attached hydrogen (secondary N) is 8. The van der Waals surface area contributed by atoms with Crippen LogP contribution in [0.5, 0.6) is 0 Å². The average molecular weight is 1450 g/mol. The molecule has 0 atom stereocenters. The molecule has 0 saturated carbocycles. The molecule has 0 radical (unpaired) electrons. The molecule has 4 aromatic carbocycles. The van der Waals surface area contributed by atoms with Gasteiger partial charge < -0.3 is 80.6 Å². The van der Waals surface area contributed by atoms with Gasteiger partial charge in [0.1, 0.15) is 11.1 Å². The van der Waals surface area contributed by atoms with Gasteiger partial charge in [0, 0.05) is 108 Å². The van der Waals surface area contributed by atoms with Crippen LogP contribution in [-0.4, -0.2) is 177 Å². The van der Waals surface area contributed by atoms with Crippen molar-refractivity contribution in [2.45, 2.75) is 39.0 Å². The van der Waals surface area contributed by atoms with E-state index in [0.717, 1.165) is 58.0 Å². The highest BCUT2D eigenvalue weighted by molar-refractivity contribution is 5.98. The maximum Gasteiger partial charge on any atom is 0.416 e. The molecular formula is C72H80F6N12O14. The lowest BCUT2D eigenvalue weighted by atomic mass is 10.0. The second-order valence-corrected chi connectivity index (χ2v) is 22.2. The average Bonchev–Trinajstić information content (AvgIpc) is 0.781. The second kappa shape index (κ2) is 43.3. The minimum atomic E-state index is -4.72. The molecule has 26 nitrogen and oxygen atoms in total. The van der Waals surface area contributed by atoms with Gasteiger partial charge in [-0.1, -0.05) is 12.1 Å². The summed E-state index contributed by atoms with van der Waals surface area (Å²) in [7, 11) is 0. The van der Waals surface area contributed by atoms with E-state index >= 15 is 0 Å².